The Morgan fingerprint density at radius 1 is 1.18 bits per heavy atom. The van der Waals surface area contributed by atoms with Gasteiger partial charge in [-0.1, -0.05) is 18.2 Å². The third kappa shape index (κ3) is 5.49. The number of carbonyl (C=O) groups is 1. The van der Waals surface area contributed by atoms with Crippen molar-refractivity contribution in [1.82, 2.24) is 19.2 Å². The monoisotopic (exact) mass is 553 g/mol. The summed E-state index contributed by atoms with van der Waals surface area (Å²) in [5.74, 6) is -1.53. The second-order valence-corrected chi connectivity index (χ2v) is 10.3. The number of aromatic nitrogens is 2. The van der Waals surface area contributed by atoms with Gasteiger partial charge >= 0.3 is 7.12 Å². The minimum absolute atomic E-state index is 0.0153. The summed E-state index contributed by atoms with van der Waals surface area (Å²) in [4.78, 5) is 12.9. The van der Waals surface area contributed by atoms with Gasteiger partial charge in [-0.05, 0) is 60.2 Å². The van der Waals surface area contributed by atoms with E-state index in [1.165, 1.54) is 54.0 Å². The van der Waals surface area contributed by atoms with Crippen molar-refractivity contribution in [2.75, 3.05) is 7.05 Å². The highest BCUT2D eigenvalue weighted by atomic mass is 32.2. The Hall–Kier alpha value is -3.49. The summed E-state index contributed by atoms with van der Waals surface area (Å²) < 4.78 is 55.3. The maximum Gasteiger partial charge on any atom is 0.491 e. The topological polar surface area (TPSA) is 130 Å². The van der Waals surface area contributed by atoms with Crippen LogP contribution in [-0.4, -0.2) is 52.8 Å². The second kappa shape index (κ2) is 10.9. The highest BCUT2D eigenvalue weighted by molar-refractivity contribution is 7.76. The van der Waals surface area contributed by atoms with Crippen LogP contribution in [0.5, 0.6) is 0 Å². The number of benzene rings is 2. The van der Waals surface area contributed by atoms with Gasteiger partial charge in [0.1, 0.15) is 17.3 Å². The van der Waals surface area contributed by atoms with E-state index in [9.17, 15) is 32.4 Å². The van der Waals surface area contributed by atoms with Gasteiger partial charge in [0.2, 0.25) is 0 Å². The number of halogens is 2. The standard InChI is InChI=1S/C26H25BF2N4O5S/c1-30-26(34)23-22-11-20(15-5-6-15)18(14-33(22)31-25(23)16-7-9-19(28)10-8-16)13-32(39(37)38)12-17-3-2-4-21(24(17)29)27(35)36/h2-4,7-11,14-15,35-36H,5-6,12-13H2,1H3,(H,30,34)(H,37,38)/p-1. The molecule has 13 heteroatoms. The summed E-state index contributed by atoms with van der Waals surface area (Å²) in [5, 5.41) is 26.0. The first-order chi connectivity index (χ1) is 18.7. The van der Waals surface area contributed by atoms with E-state index < -0.39 is 30.0 Å². The molecule has 1 aliphatic carbocycles. The molecule has 2 aromatic heterocycles. The van der Waals surface area contributed by atoms with Crippen LogP contribution in [0.4, 0.5) is 8.78 Å². The second-order valence-electron chi connectivity index (χ2n) is 9.38. The zero-order valence-corrected chi connectivity index (χ0v) is 21.6. The van der Waals surface area contributed by atoms with E-state index in [0.717, 1.165) is 22.7 Å². The van der Waals surface area contributed by atoms with E-state index >= 15 is 0 Å². The molecule has 1 fully saturated rings. The Balaban J connectivity index is 1.58. The lowest BCUT2D eigenvalue weighted by Crippen LogP contribution is -2.34. The van der Waals surface area contributed by atoms with Gasteiger partial charge in [-0.3, -0.25) is 9.00 Å². The molecule has 9 nitrogen and oxygen atoms in total. The summed E-state index contributed by atoms with van der Waals surface area (Å²) >= 11 is -2.74. The van der Waals surface area contributed by atoms with Crippen molar-refractivity contribution in [1.29, 1.82) is 0 Å². The zero-order chi connectivity index (χ0) is 27.8. The molecule has 202 valence electrons. The lowest BCUT2D eigenvalue weighted by molar-refractivity contribution is 0.0965. The molecule has 1 amide bonds. The summed E-state index contributed by atoms with van der Waals surface area (Å²) in [6, 6.07) is 11.4. The van der Waals surface area contributed by atoms with Crippen LogP contribution in [-0.2, 0) is 24.4 Å². The first kappa shape index (κ1) is 27.1. The fraction of sp³-hybridized carbons (Fsp3) is 0.231. The molecule has 1 saturated carbocycles. The van der Waals surface area contributed by atoms with Crippen molar-refractivity contribution in [3.63, 3.8) is 0 Å². The number of carbonyl (C=O) groups excluding carboxylic acids is 1. The molecular formula is C26H24BF2N4O5S-. The van der Waals surface area contributed by atoms with E-state index in [-0.39, 0.29) is 35.9 Å². The summed E-state index contributed by atoms with van der Waals surface area (Å²) in [5.41, 5.74) is 2.83. The normalized spacial score (nSPS) is 14.1. The largest absolute Gasteiger partial charge is 0.760 e. The van der Waals surface area contributed by atoms with Crippen molar-refractivity contribution in [3.8, 4) is 11.3 Å². The lowest BCUT2D eigenvalue weighted by atomic mass is 9.79. The van der Waals surface area contributed by atoms with Gasteiger partial charge < -0.3 is 19.9 Å². The lowest BCUT2D eigenvalue weighted by Gasteiger charge is -2.26. The number of rotatable bonds is 9. The smallest absolute Gasteiger partial charge is 0.491 e. The number of pyridine rings is 1. The maximum atomic E-state index is 14.8. The Labute approximate surface area is 225 Å². The average molecular weight is 553 g/mol. The van der Waals surface area contributed by atoms with Crippen molar-refractivity contribution in [3.05, 3.63) is 88.6 Å². The number of hydrogen-bond acceptors (Lipinski definition) is 6. The zero-order valence-electron chi connectivity index (χ0n) is 20.8. The van der Waals surface area contributed by atoms with Crippen LogP contribution in [0.15, 0.2) is 54.7 Å². The van der Waals surface area contributed by atoms with Gasteiger partial charge in [0.05, 0.1) is 11.1 Å². The Bertz CT molecular complexity index is 1580. The van der Waals surface area contributed by atoms with Crippen molar-refractivity contribution in [2.45, 2.75) is 31.8 Å². The minimum atomic E-state index is -2.74. The molecule has 2 heterocycles. The number of fused-ring (bicyclic) bond motifs is 1. The molecule has 0 spiro atoms. The fourth-order valence-electron chi connectivity index (χ4n) is 4.67. The van der Waals surface area contributed by atoms with Crippen molar-refractivity contribution < 1.29 is 32.4 Å². The van der Waals surface area contributed by atoms with Gasteiger partial charge in [-0.15, -0.1) is 0 Å². The molecule has 3 N–H and O–H groups in total. The molecule has 0 saturated heterocycles. The summed E-state index contributed by atoms with van der Waals surface area (Å²) in [7, 11) is -0.536. The molecule has 1 unspecified atom stereocenters. The van der Waals surface area contributed by atoms with Crippen LogP contribution in [0.25, 0.3) is 16.8 Å². The van der Waals surface area contributed by atoms with E-state index in [0.29, 0.717) is 27.9 Å². The van der Waals surface area contributed by atoms with Gasteiger partial charge in [0.15, 0.2) is 0 Å². The Morgan fingerprint density at radius 2 is 1.87 bits per heavy atom. The Kier molecular flexibility index (Phi) is 7.60. The van der Waals surface area contributed by atoms with Crippen molar-refractivity contribution >= 4 is 35.3 Å². The molecule has 0 bridgehead atoms. The van der Waals surface area contributed by atoms with E-state index in [1.807, 2.05) is 6.07 Å². The first-order valence-electron chi connectivity index (χ1n) is 12.2. The first-order valence-corrected chi connectivity index (χ1v) is 13.2. The van der Waals surface area contributed by atoms with Crippen LogP contribution in [0.2, 0.25) is 0 Å². The number of hydrogen-bond donors (Lipinski definition) is 3. The maximum absolute atomic E-state index is 14.8. The van der Waals surface area contributed by atoms with Crippen LogP contribution in [0.1, 0.15) is 45.8 Å². The molecule has 1 aliphatic rings. The molecule has 0 aliphatic heterocycles. The van der Waals surface area contributed by atoms with E-state index in [4.69, 9.17) is 0 Å². The summed E-state index contributed by atoms with van der Waals surface area (Å²) in [6.45, 7) is -0.446. The number of amides is 1. The third-order valence-electron chi connectivity index (χ3n) is 6.77. The molecule has 4 aromatic rings. The van der Waals surface area contributed by atoms with Crippen LogP contribution in [0.3, 0.4) is 0 Å². The molecule has 5 rings (SSSR count). The summed E-state index contributed by atoms with van der Waals surface area (Å²) in [6.07, 6.45) is 3.44. The highest BCUT2D eigenvalue weighted by Crippen LogP contribution is 2.43. The van der Waals surface area contributed by atoms with Gasteiger partial charge in [0.25, 0.3) is 5.91 Å². The van der Waals surface area contributed by atoms with Crippen LogP contribution >= 0.6 is 0 Å². The molecular weight excluding hydrogens is 529 g/mol. The van der Waals surface area contributed by atoms with E-state index in [1.54, 1.807) is 6.20 Å². The van der Waals surface area contributed by atoms with Gasteiger partial charge in [-0.25, -0.2) is 17.6 Å². The van der Waals surface area contributed by atoms with Crippen LogP contribution < -0.4 is 10.8 Å². The molecule has 39 heavy (non-hydrogen) atoms. The van der Waals surface area contributed by atoms with Gasteiger partial charge in [0, 0.05) is 54.2 Å². The fourth-order valence-corrected chi connectivity index (χ4v) is 5.16. The third-order valence-corrected chi connectivity index (χ3v) is 7.45. The SMILES string of the molecule is CNC(=O)c1c(-c2ccc(F)cc2)nn2cc(CN(Cc3cccc(B(O)O)c3F)S(=O)[O-])c(C3CC3)cc12. The molecule has 2 aromatic carbocycles. The predicted octanol–water partition coefficient (Wildman–Crippen LogP) is 1.99. The molecule has 0 radical (unpaired) electrons. The van der Waals surface area contributed by atoms with Gasteiger partial charge in [-0.2, -0.15) is 5.10 Å². The highest BCUT2D eigenvalue weighted by Gasteiger charge is 2.30. The molecule has 1 atom stereocenters. The number of nitrogens with one attached hydrogen (secondary N) is 1. The quantitative estimate of drug-likeness (QED) is 0.215. The Morgan fingerprint density at radius 3 is 2.49 bits per heavy atom. The predicted molar refractivity (Wildman–Crippen MR) is 140 cm³/mol. The van der Waals surface area contributed by atoms with Crippen LogP contribution in [0, 0.1) is 11.6 Å². The average Bonchev–Trinajstić information content (AvgIpc) is 3.69. The van der Waals surface area contributed by atoms with Crippen molar-refractivity contribution in [2.24, 2.45) is 0 Å². The minimum Gasteiger partial charge on any atom is -0.760 e. The van der Waals surface area contributed by atoms with E-state index in [2.05, 4.69) is 10.4 Å². The number of nitrogens with zero attached hydrogens (tertiary/aromatic N) is 3.